The third-order valence-corrected chi connectivity index (χ3v) is 4.16. The molecule has 0 spiro atoms. The van der Waals surface area contributed by atoms with E-state index in [9.17, 15) is 0 Å². The Morgan fingerprint density at radius 3 is 2.68 bits per heavy atom. The van der Waals surface area contributed by atoms with Crippen LogP contribution in [-0.2, 0) is 17.9 Å². The zero-order chi connectivity index (χ0) is 13.9. The second-order valence-electron chi connectivity index (χ2n) is 6.52. The van der Waals surface area contributed by atoms with Gasteiger partial charge in [-0.05, 0) is 56.7 Å². The Bertz CT molecular complexity index is 399. The van der Waals surface area contributed by atoms with Crippen LogP contribution in [0.2, 0.25) is 0 Å². The molecule has 0 aromatic carbocycles. The average Bonchev–Trinajstić information content (AvgIpc) is 2.69. The summed E-state index contributed by atoms with van der Waals surface area (Å²) >= 11 is 0. The van der Waals surface area contributed by atoms with Crippen molar-refractivity contribution in [3.05, 3.63) is 23.2 Å². The molecule has 3 heteroatoms. The number of hydrogen-bond acceptors (Lipinski definition) is 3. The molecule has 3 nitrogen and oxygen atoms in total. The minimum absolute atomic E-state index is 0.409. The maximum absolute atomic E-state index is 5.99. The lowest BCUT2D eigenvalue weighted by Crippen LogP contribution is -2.26. The van der Waals surface area contributed by atoms with E-state index in [4.69, 9.17) is 9.15 Å². The third-order valence-electron chi connectivity index (χ3n) is 4.16. The van der Waals surface area contributed by atoms with Crippen LogP contribution in [0.3, 0.4) is 0 Å². The highest BCUT2D eigenvalue weighted by molar-refractivity contribution is 5.19. The molecule has 1 aliphatic carbocycles. The number of hydrogen-bond donors (Lipinski definition) is 1. The van der Waals surface area contributed by atoms with E-state index in [-0.39, 0.29) is 0 Å². The Kier molecular flexibility index (Phi) is 4.69. The molecule has 1 heterocycles. The highest BCUT2D eigenvalue weighted by Gasteiger charge is 2.27. The molecule has 1 aromatic rings. The van der Waals surface area contributed by atoms with E-state index < -0.39 is 0 Å². The third kappa shape index (κ3) is 4.08. The standard InChI is InChI=1S/C16H27NO2/c1-12-9-14(19-15(12)10-17-4)11-18-13-5-7-16(2,3)8-6-13/h9,13,17H,5-8,10-11H2,1-4H3. The largest absolute Gasteiger partial charge is 0.462 e. The van der Waals surface area contributed by atoms with E-state index in [0.29, 0.717) is 18.1 Å². The van der Waals surface area contributed by atoms with Crippen molar-refractivity contribution < 1.29 is 9.15 Å². The van der Waals surface area contributed by atoms with Crippen molar-refractivity contribution in [3.8, 4) is 0 Å². The number of aryl methyl sites for hydroxylation is 1. The molecule has 1 fully saturated rings. The first kappa shape index (κ1) is 14.6. The summed E-state index contributed by atoms with van der Waals surface area (Å²) in [7, 11) is 1.93. The molecule has 0 radical (unpaired) electrons. The minimum atomic E-state index is 0.409. The number of ether oxygens (including phenoxy) is 1. The van der Waals surface area contributed by atoms with Crippen LogP contribution in [0.15, 0.2) is 10.5 Å². The van der Waals surface area contributed by atoms with Crippen LogP contribution in [0.1, 0.15) is 56.6 Å². The first-order chi connectivity index (χ1) is 9.00. The van der Waals surface area contributed by atoms with E-state index in [1.807, 2.05) is 7.05 Å². The molecular weight excluding hydrogens is 238 g/mol. The molecule has 1 aromatic heterocycles. The molecule has 1 N–H and O–H groups in total. The molecule has 0 saturated heterocycles. The van der Waals surface area contributed by atoms with Crippen LogP contribution < -0.4 is 5.32 Å². The van der Waals surface area contributed by atoms with E-state index in [0.717, 1.165) is 18.1 Å². The normalized spacial score (nSPS) is 19.8. The van der Waals surface area contributed by atoms with Gasteiger partial charge in [-0.25, -0.2) is 0 Å². The summed E-state index contributed by atoms with van der Waals surface area (Å²) in [4.78, 5) is 0. The van der Waals surface area contributed by atoms with E-state index in [1.54, 1.807) is 0 Å². The minimum Gasteiger partial charge on any atom is -0.462 e. The van der Waals surface area contributed by atoms with Gasteiger partial charge in [-0.1, -0.05) is 13.8 Å². The fourth-order valence-electron chi connectivity index (χ4n) is 2.74. The lowest BCUT2D eigenvalue weighted by atomic mass is 9.76. The van der Waals surface area contributed by atoms with Crippen LogP contribution in [-0.4, -0.2) is 13.2 Å². The van der Waals surface area contributed by atoms with E-state index >= 15 is 0 Å². The number of furan rings is 1. The number of rotatable bonds is 5. The summed E-state index contributed by atoms with van der Waals surface area (Å²) in [5.74, 6) is 1.97. The van der Waals surface area contributed by atoms with Crippen molar-refractivity contribution in [3.63, 3.8) is 0 Å². The second-order valence-corrected chi connectivity index (χ2v) is 6.52. The summed E-state index contributed by atoms with van der Waals surface area (Å²) in [6.07, 6.45) is 5.29. The lowest BCUT2D eigenvalue weighted by molar-refractivity contribution is -0.0123. The topological polar surface area (TPSA) is 34.4 Å². The molecule has 2 rings (SSSR count). The molecule has 1 saturated carbocycles. The van der Waals surface area contributed by atoms with Gasteiger partial charge in [0.15, 0.2) is 0 Å². The summed E-state index contributed by atoms with van der Waals surface area (Å²) < 4.78 is 11.8. The SMILES string of the molecule is CNCc1oc(COC2CCC(C)(C)CC2)cc1C. The predicted molar refractivity (Wildman–Crippen MR) is 77.0 cm³/mol. The Morgan fingerprint density at radius 2 is 2.05 bits per heavy atom. The van der Waals surface area contributed by atoms with E-state index in [2.05, 4.69) is 32.2 Å². The van der Waals surface area contributed by atoms with E-state index in [1.165, 1.54) is 31.2 Å². The molecule has 0 bridgehead atoms. The van der Waals surface area contributed by atoms with Crippen molar-refractivity contribution in [2.24, 2.45) is 5.41 Å². The molecular formula is C16H27NO2. The summed E-state index contributed by atoms with van der Waals surface area (Å²) in [5.41, 5.74) is 1.71. The fraction of sp³-hybridized carbons (Fsp3) is 0.750. The summed E-state index contributed by atoms with van der Waals surface area (Å²) in [6.45, 7) is 8.17. The van der Waals surface area contributed by atoms with Crippen molar-refractivity contribution in [1.82, 2.24) is 5.32 Å². The van der Waals surface area contributed by atoms with Gasteiger partial charge >= 0.3 is 0 Å². The average molecular weight is 265 g/mol. The van der Waals surface area contributed by atoms with Crippen molar-refractivity contribution in [2.75, 3.05) is 7.05 Å². The predicted octanol–water partition coefficient (Wildman–Crippen LogP) is 3.79. The first-order valence-electron chi connectivity index (χ1n) is 7.34. The Balaban J connectivity index is 1.81. The zero-order valence-electron chi connectivity index (χ0n) is 12.7. The monoisotopic (exact) mass is 265 g/mol. The van der Waals surface area contributed by atoms with Crippen molar-refractivity contribution in [2.45, 2.75) is 65.7 Å². The van der Waals surface area contributed by atoms with Gasteiger partial charge in [0, 0.05) is 0 Å². The lowest BCUT2D eigenvalue weighted by Gasteiger charge is -2.34. The molecule has 1 aliphatic rings. The van der Waals surface area contributed by atoms with Gasteiger partial charge in [0.2, 0.25) is 0 Å². The Hall–Kier alpha value is -0.800. The van der Waals surface area contributed by atoms with Crippen LogP contribution in [0, 0.1) is 12.3 Å². The second kappa shape index (κ2) is 6.10. The molecule has 0 unspecified atom stereocenters. The van der Waals surface area contributed by atoms with Gasteiger partial charge in [0.1, 0.15) is 18.1 Å². The highest BCUT2D eigenvalue weighted by atomic mass is 16.5. The molecule has 108 valence electrons. The van der Waals surface area contributed by atoms with Crippen LogP contribution >= 0.6 is 0 Å². The van der Waals surface area contributed by atoms with Crippen LogP contribution in [0.4, 0.5) is 0 Å². The summed E-state index contributed by atoms with van der Waals surface area (Å²) in [5, 5.41) is 3.12. The molecule has 0 atom stereocenters. The van der Waals surface area contributed by atoms with Crippen molar-refractivity contribution >= 4 is 0 Å². The molecule has 19 heavy (non-hydrogen) atoms. The first-order valence-corrected chi connectivity index (χ1v) is 7.34. The van der Waals surface area contributed by atoms with Gasteiger partial charge in [-0.15, -0.1) is 0 Å². The van der Waals surface area contributed by atoms with Gasteiger partial charge in [0.25, 0.3) is 0 Å². The quantitative estimate of drug-likeness (QED) is 0.879. The van der Waals surface area contributed by atoms with Crippen LogP contribution in [0.5, 0.6) is 0 Å². The Morgan fingerprint density at radius 1 is 1.37 bits per heavy atom. The van der Waals surface area contributed by atoms with Gasteiger partial charge < -0.3 is 14.5 Å². The maximum Gasteiger partial charge on any atom is 0.130 e. The van der Waals surface area contributed by atoms with Gasteiger partial charge in [0.05, 0.1) is 12.6 Å². The van der Waals surface area contributed by atoms with Crippen LogP contribution in [0.25, 0.3) is 0 Å². The van der Waals surface area contributed by atoms with Gasteiger partial charge in [-0.3, -0.25) is 0 Å². The molecule has 0 amide bonds. The molecule has 0 aliphatic heterocycles. The van der Waals surface area contributed by atoms with Crippen molar-refractivity contribution in [1.29, 1.82) is 0 Å². The summed E-state index contributed by atoms with van der Waals surface area (Å²) in [6, 6.07) is 2.10. The number of nitrogens with one attached hydrogen (secondary N) is 1. The smallest absolute Gasteiger partial charge is 0.130 e. The zero-order valence-corrected chi connectivity index (χ0v) is 12.7. The fourth-order valence-corrected chi connectivity index (χ4v) is 2.74. The Labute approximate surface area is 116 Å². The van der Waals surface area contributed by atoms with Gasteiger partial charge in [-0.2, -0.15) is 0 Å². The highest BCUT2D eigenvalue weighted by Crippen LogP contribution is 2.36. The maximum atomic E-state index is 5.99.